The fourth-order valence-electron chi connectivity index (χ4n) is 1.25. The van der Waals surface area contributed by atoms with E-state index in [2.05, 4.69) is 20.4 Å². The van der Waals surface area contributed by atoms with Gasteiger partial charge in [0.1, 0.15) is 0 Å². The largest absolute Gasteiger partial charge is 0.492 e. The lowest BCUT2D eigenvalue weighted by molar-refractivity contribution is 0.417. The first-order chi connectivity index (χ1) is 7.22. The highest BCUT2D eigenvalue weighted by Crippen LogP contribution is 2.30. The smallest absolute Gasteiger partial charge is 0.208 e. The highest BCUT2D eigenvalue weighted by atomic mass is 16.5. The first kappa shape index (κ1) is 9.38. The quantitative estimate of drug-likeness (QED) is 0.735. The Morgan fingerprint density at radius 2 is 2.27 bits per heavy atom. The van der Waals surface area contributed by atoms with E-state index < -0.39 is 0 Å². The minimum absolute atomic E-state index is 0.308. The maximum atomic E-state index is 5.66. The van der Waals surface area contributed by atoms with Crippen LogP contribution in [0, 0.1) is 0 Å². The normalized spacial score (nSPS) is 10.3. The molecule has 0 aliphatic carbocycles. The van der Waals surface area contributed by atoms with E-state index in [0.717, 1.165) is 0 Å². The molecule has 0 atom stereocenters. The molecule has 0 spiro atoms. The van der Waals surface area contributed by atoms with Gasteiger partial charge in [-0.15, -0.1) is 10.2 Å². The number of rotatable bonds is 2. The number of hydrogen-bond donors (Lipinski definition) is 1. The Labute approximate surface area is 85.9 Å². The number of anilines is 1. The van der Waals surface area contributed by atoms with Gasteiger partial charge >= 0.3 is 0 Å². The maximum absolute atomic E-state index is 5.66. The Morgan fingerprint density at radius 3 is 2.87 bits per heavy atom. The second-order valence-electron chi connectivity index (χ2n) is 2.88. The molecule has 15 heavy (non-hydrogen) atoms. The highest BCUT2D eigenvalue weighted by molar-refractivity contribution is 5.69. The van der Waals surface area contributed by atoms with Crippen LogP contribution in [0.25, 0.3) is 11.4 Å². The fraction of sp³-hybridized carbons (Fsp3) is 0.250. The Kier molecular flexibility index (Phi) is 2.20. The van der Waals surface area contributed by atoms with Crippen molar-refractivity contribution in [3.63, 3.8) is 0 Å². The van der Waals surface area contributed by atoms with Gasteiger partial charge in [-0.25, -0.2) is 4.98 Å². The topological polar surface area (TPSA) is 91.7 Å². The van der Waals surface area contributed by atoms with Crippen molar-refractivity contribution >= 4 is 5.82 Å². The van der Waals surface area contributed by atoms with Crippen LogP contribution in [-0.2, 0) is 7.05 Å². The van der Waals surface area contributed by atoms with Gasteiger partial charge in [-0.1, -0.05) is 0 Å². The first-order valence-corrected chi connectivity index (χ1v) is 4.25. The van der Waals surface area contributed by atoms with Crippen molar-refractivity contribution in [3.05, 3.63) is 12.3 Å². The summed E-state index contributed by atoms with van der Waals surface area (Å²) in [6.07, 6.45) is 1.57. The van der Waals surface area contributed by atoms with E-state index in [4.69, 9.17) is 10.5 Å². The van der Waals surface area contributed by atoms with Crippen LogP contribution in [0.15, 0.2) is 12.3 Å². The Balaban J connectivity index is 2.57. The summed E-state index contributed by atoms with van der Waals surface area (Å²) in [5, 5.41) is 11.7. The summed E-state index contributed by atoms with van der Waals surface area (Å²) >= 11 is 0. The summed E-state index contributed by atoms with van der Waals surface area (Å²) in [7, 11) is 3.21. The van der Waals surface area contributed by atoms with Crippen LogP contribution < -0.4 is 10.5 Å². The maximum Gasteiger partial charge on any atom is 0.208 e. The van der Waals surface area contributed by atoms with Crippen LogP contribution in [0.5, 0.6) is 5.75 Å². The van der Waals surface area contributed by atoms with Crippen LogP contribution in [0.3, 0.4) is 0 Å². The SMILES string of the molecule is COc1c(-c2nnn(C)n2)ccnc1N. The Hall–Kier alpha value is -2.18. The molecule has 0 aromatic carbocycles. The van der Waals surface area contributed by atoms with Crippen LogP contribution in [0.4, 0.5) is 5.82 Å². The number of ether oxygens (including phenoxy) is 1. The molecule has 0 amide bonds. The molecular weight excluding hydrogens is 196 g/mol. The van der Waals surface area contributed by atoms with E-state index in [1.807, 2.05) is 0 Å². The van der Waals surface area contributed by atoms with Gasteiger partial charge in [-0.05, 0) is 11.3 Å². The molecule has 0 saturated carbocycles. The van der Waals surface area contributed by atoms with Gasteiger partial charge in [0.05, 0.1) is 19.7 Å². The lowest BCUT2D eigenvalue weighted by Crippen LogP contribution is -1.98. The number of pyridine rings is 1. The predicted octanol–water partition coefficient (Wildman–Crippen LogP) is -0.137. The summed E-state index contributed by atoms with van der Waals surface area (Å²) in [6, 6.07) is 1.73. The van der Waals surface area contributed by atoms with Crippen molar-refractivity contribution in [3.8, 4) is 17.1 Å². The third-order valence-electron chi connectivity index (χ3n) is 1.89. The zero-order valence-corrected chi connectivity index (χ0v) is 8.38. The lowest BCUT2D eigenvalue weighted by Gasteiger charge is -2.06. The molecule has 0 unspecified atom stereocenters. The highest BCUT2D eigenvalue weighted by Gasteiger charge is 2.13. The number of aryl methyl sites for hydroxylation is 1. The zero-order chi connectivity index (χ0) is 10.8. The second kappa shape index (κ2) is 3.52. The van der Waals surface area contributed by atoms with E-state index in [1.165, 1.54) is 11.9 Å². The van der Waals surface area contributed by atoms with Crippen LogP contribution in [-0.4, -0.2) is 32.3 Å². The number of aromatic nitrogens is 5. The lowest BCUT2D eigenvalue weighted by atomic mass is 10.2. The van der Waals surface area contributed by atoms with Crippen LogP contribution in [0.2, 0.25) is 0 Å². The number of nitrogen functional groups attached to an aromatic ring is 1. The molecule has 2 aromatic heterocycles. The molecule has 0 bridgehead atoms. The average molecular weight is 206 g/mol. The van der Waals surface area contributed by atoms with Gasteiger partial charge in [0.15, 0.2) is 11.6 Å². The summed E-state index contributed by atoms with van der Waals surface area (Å²) in [4.78, 5) is 5.28. The standard InChI is InChI=1S/C8H10N6O/c1-14-12-8(11-13-14)5-3-4-10-7(9)6(5)15-2/h3-4H,1-2H3,(H2,9,10). The first-order valence-electron chi connectivity index (χ1n) is 4.25. The van der Waals surface area contributed by atoms with Crippen molar-refractivity contribution < 1.29 is 4.74 Å². The molecule has 0 radical (unpaired) electrons. The van der Waals surface area contributed by atoms with E-state index in [9.17, 15) is 0 Å². The van der Waals surface area contributed by atoms with Crippen molar-refractivity contribution in [1.29, 1.82) is 0 Å². The molecule has 0 aliphatic rings. The third-order valence-corrected chi connectivity index (χ3v) is 1.89. The summed E-state index contributed by atoms with van der Waals surface area (Å²) in [5.74, 6) is 1.23. The van der Waals surface area contributed by atoms with Gasteiger partial charge < -0.3 is 10.5 Å². The van der Waals surface area contributed by atoms with Gasteiger partial charge in [0.25, 0.3) is 0 Å². The van der Waals surface area contributed by atoms with Gasteiger partial charge in [-0.2, -0.15) is 4.80 Å². The van der Waals surface area contributed by atoms with E-state index >= 15 is 0 Å². The predicted molar refractivity (Wildman–Crippen MR) is 53.0 cm³/mol. The zero-order valence-electron chi connectivity index (χ0n) is 8.38. The van der Waals surface area contributed by atoms with Crippen molar-refractivity contribution in [2.45, 2.75) is 0 Å². The number of nitrogens with zero attached hydrogens (tertiary/aromatic N) is 5. The van der Waals surface area contributed by atoms with E-state index in [1.54, 1.807) is 19.3 Å². The van der Waals surface area contributed by atoms with Crippen LogP contribution >= 0.6 is 0 Å². The minimum Gasteiger partial charge on any atom is -0.492 e. The molecule has 2 aromatic rings. The molecule has 2 N–H and O–H groups in total. The molecule has 2 heterocycles. The molecular formula is C8H10N6O. The molecule has 0 fully saturated rings. The number of tetrazole rings is 1. The molecule has 78 valence electrons. The molecule has 7 nitrogen and oxygen atoms in total. The van der Waals surface area contributed by atoms with Crippen molar-refractivity contribution in [2.75, 3.05) is 12.8 Å². The van der Waals surface area contributed by atoms with Gasteiger partial charge in [0.2, 0.25) is 5.82 Å². The molecule has 2 rings (SSSR count). The monoisotopic (exact) mass is 206 g/mol. The third kappa shape index (κ3) is 1.58. The Bertz CT molecular complexity index is 480. The summed E-state index contributed by atoms with van der Waals surface area (Å²) < 4.78 is 5.14. The van der Waals surface area contributed by atoms with E-state index in [0.29, 0.717) is 23.0 Å². The summed E-state index contributed by atoms with van der Waals surface area (Å²) in [6.45, 7) is 0. The second-order valence-corrected chi connectivity index (χ2v) is 2.88. The molecule has 0 aliphatic heterocycles. The van der Waals surface area contributed by atoms with Gasteiger partial charge in [-0.3, -0.25) is 0 Å². The Morgan fingerprint density at radius 1 is 1.47 bits per heavy atom. The van der Waals surface area contributed by atoms with Crippen LogP contribution in [0.1, 0.15) is 0 Å². The van der Waals surface area contributed by atoms with Crippen molar-refractivity contribution in [2.24, 2.45) is 7.05 Å². The minimum atomic E-state index is 0.308. The van der Waals surface area contributed by atoms with Crippen molar-refractivity contribution in [1.82, 2.24) is 25.2 Å². The van der Waals surface area contributed by atoms with E-state index in [-0.39, 0.29) is 0 Å². The fourth-order valence-corrected chi connectivity index (χ4v) is 1.25. The molecule has 0 saturated heterocycles. The number of nitrogens with two attached hydrogens (primary N) is 1. The average Bonchev–Trinajstić information content (AvgIpc) is 2.64. The van der Waals surface area contributed by atoms with Gasteiger partial charge in [0, 0.05) is 6.20 Å². The number of methoxy groups -OCH3 is 1. The number of hydrogen-bond acceptors (Lipinski definition) is 6. The summed E-state index contributed by atoms with van der Waals surface area (Å²) in [5.41, 5.74) is 6.34. The molecule has 7 heteroatoms.